The fraction of sp³-hybridized carbons (Fsp3) is 0.750. The van der Waals surface area contributed by atoms with Crippen LogP contribution in [0.3, 0.4) is 0 Å². The first kappa shape index (κ1) is 32.5. The van der Waals surface area contributed by atoms with E-state index in [0.717, 1.165) is 68.1 Å². The topological polar surface area (TPSA) is 99.2 Å². The monoisotopic (exact) mass is 631 g/mol. The molecular weight excluding hydrogens is 574 g/mol. The van der Waals surface area contributed by atoms with Crippen molar-refractivity contribution in [2.24, 2.45) is 45.3 Å². The first-order valence-corrected chi connectivity index (χ1v) is 18.2. The molecule has 6 heteroatoms. The molecule has 1 heterocycles. The second kappa shape index (κ2) is 10.5. The van der Waals surface area contributed by atoms with Crippen LogP contribution in [0.15, 0.2) is 29.3 Å². The first-order chi connectivity index (χ1) is 21.5. The summed E-state index contributed by atoms with van der Waals surface area (Å²) in [6.07, 6.45) is 7.92. The lowest BCUT2D eigenvalue weighted by Gasteiger charge is -2.71. The van der Waals surface area contributed by atoms with Gasteiger partial charge >= 0.3 is 0 Å². The van der Waals surface area contributed by atoms with Crippen LogP contribution in [-0.2, 0) is 20.9 Å². The van der Waals surface area contributed by atoms with Gasteiger partial charge in [-0.05, 0) is 130 Å². The summed E-state index contributed by atoms with van der Waals surface area (Å²) in [5.74, 6) is 1.38. The van der Waals surface area contributed by atoms with Crippen molar-refractivity contribution in [1.82, 2.24) is 5.32 Å². The zero-order chi connectivity index (χ0) is 33.2. The van der Waals surface area contributed by atoms with Crippen molar-refractivity contribution < 1.29 is 24.5 Å². The Morgan fingerprint density at radius 2 is 1.72 bits per heavy atom. The lowest BCUT2D eigenvalue weighted by molar-refractivity contribution is -0.206. The SMILES string of the molecule is CNCc1cc(O)cc(C2CC3(C)C(CCC45CCCC6C(=O)C(C(C)CC(O)C7OC7(C)C)=C(CCC34)C65C)C(C)(C)C2=O)c1. The first-order valence-electron chi connectivity index (χ1n) is 18.2. The number of rotatable bonds is 7. The Hall–Kier alpha value is -2.02. The third-order valence-electron chi connectivity index (χ3n) is 14.9. The lowest BCUT2D eigenvalue weighted by Crippen LogP contribution is -2.66. The van der Waals surface area contributed by atoms with E-state index in [2.05, 4.69) is 46.0 Å². The van der Waals surface area contributed by atoms with Crippen molar-refractivity contribution in [2.75, 3.05) is 7.05 Å². The van der Waals surface area contributed by atoms with Crippen molar-refractivity contribution in [3.8, 4) is 5.75 Å². The van der Waals surface area contributed by atoms with Crippen LogP contribution >= 0.6 is 0 Å². The van der Waals surface area contributed by atoms with Gasteiger partial charge in [-0.3, -0.25) is 9.59 Å². The molecule has 4 saturated carbocycles. The van der Waals surface area contributed by atoms with Gasteiger partial charge in [-0.1, -0.05) is 52.7 Å². The minimum atomic E-state index is -0.564. The fourth-order valence-corrected chi connectivity index (χ4v) is 13.1. The number of nitrogens with one attached hydrogen (secondary N) is 1. The summed E-state index contributed by atoms with van der Waals surface area (Å²) in [6, 6.07) is 5.75. The van der Waals surface area contributed by atoms with Gasteiger partial charge < -0.3 is 20.3 Å². The van der Waals surface area contributed by atoms with Crippen molar-refractivity contribution in [3.63, 3.8) is 0 Å². The zero-order valence-corrected chi connectivity index (χ0v) is 29.5. The molecule has 0 bridgehead atoms. The molecule has 0 radical (unpaired) electrons. The molecular formula is C40H57NO5. The predicted octanol–water partition coefficient (Wildman–Crippen LogP) is 7.26. The van der Waals surface area contributed by atoms with Crippen LogP contribution in [0.4, 0.5) is 0 Å². The summed E-state index contributed by atoms with van der Waals surface area (Å²) in [5, 5.41) is 25.0. The molecule has 5 aliphatic carbocycles. The molecule has 6 aliphatic rings. The van der Waals surface area contributed by atoms with Gasteiger partial charge in [0.25, 0.3) is 0 Å². The molecule has 10 unspecified atom stereocenters. The number of carbonyl (C=O) groups excluding carboxylic acids is 2. The highest BCUT2D eigenvalue weighted by Crippen LogP contribution is 2.78. The van der Waals surface area contributed by atoms with E-state index in [1.54, 1.807) is 6.07 Å². The maximum absolute atomic E-state index is 14.5. The molecule has 0 aromatic heterocycles. The highest BCUT2D eigenvalue weighted by atomic mass is 16.6. The van der Waals surface area contributed by atoms with Crippen molar-refractivity contribution in [1.29, 1.82) is 0 Å². The van der Waals surface area contributed by atoms with Gasteiger partial charge in [-0.2, -0.15) is 0 Å². The third kappa shape index (κ3) is 4.30. The number of aliphatic hydroxyl groups excluding tert-OH is 1. The van der Waals surface area contributed by atoms with Crippen LogP contribution in [0.5, 0.6) is 5.75 Å². The number of phenols is 1. The van der Waals surface area contributed by atoms with E-state index in [0.29, 0.717) is 30.4 Å². The second-order valence-corrected chi connectivity index (χ2v) is 17.9. The van der Waals surface area contributed by atoms with Gasteiger partial charge in [0.05, 0.1) is 11.7 Å². The Kier molecular flexibility index (Phi) is 7.42. The second-order valence-electron chi connectivity index (χ2n) is 17.9. The van der Waals surface area contributed by atoms with Gasteiger partial charge in [0.1, 0.15) is 17.6 Å². The number of phenolic OH excluding ortho intramolecular Hbond substituents is 1. The number of aliphatic hydroxyl groups is 1. The molecule has 1 aromatic carbocycles. The molecule has 3 N–H and O–H groups in total. The van der Waals surface area contributed by atoms with Gasteiger partial charge in [-0.15, -0.1) is 0 Å². The molecule has 46 heavy (non-hydrogen) atoms. The van der Waals surface area contributed by atoms with Gasteiger partial charge in [0, 0.05) is 29.2 Å². The van der Waals surface area contributed by atoms with Crippen LogP contribution in [0.2, 0.25) is 0 Å². The molecule has 7 rings (SSSR count). The number of Topliss-reactive ketones (excluding diaryl/α,β-unsaturated/α-hetero) is 2. The highest BCUT2D eigenvalue weighted by molar-refractivity contribution is 6.02. The highest BCUT2D eigenvalue weighted by Gasteiger charge is 2.73. The summed E-state index contributed by atoms with van der Waals surface area (Å²) in [6.45, 7) is 16.2. The van der Waals surface area contributed by atoms with Gasteiger partial charge in [0.2, 0.25) is 0 Å². The van der Waals surface area contributed by atoms with E-state index in [1.807, 2.05) is 27.0 Å². The van der Waals surface area contributed by atoms with Gasteiger partial charge in [-0.25, -0.2) is 0 Å². The minimum Gasteiger partial charge on any atom is -0.508 e. The number of benzene rings is 1. The van der Waals surface area contributed by atoms with Crippen molar-refractivity contribution >= 4 is 11.6 Å². The molecule has 0 amide bonds. The van der Waals surface area contributed by atoms with E-state index >= 15 is 0 Å². The largest absolute Gasteiger partial charge is 0.508 e. The standard InChI is InChI=1S/C40H57NO5/c1-22(16-29(43)35-37(4,5)46-35)32-27-11-12-31-38(6)20-26(24-17-23(21-41-8)18-25(42)19-24)34(45)36(2,3)30(38)13-15-40(31)14-9-10-28(33(32)44)39(27,40)7/h17-19,22,26,28-31,35,41-43H,9-16,20-21H2,1-8H3. The number of ketones is 2. The molecule has 6 nitrogen and oxygen atoms in total. The van der Waals surface area contributed by atoms with E-state index in [-0.39, 0.29) is 57.4 Å². The zero-order valence-electron chi connectivity index (χ0n) is 29.5. The van der Waals surface area contributed by atoms with Crippen LogP contribution in [0, 0.1) is 45.3 Å². The smallest absolute Gasteiger partial charge is 0.163 e. The summed E-state index contributed by atoms with van der Waals surface area (Å²) in [5.41, 5.74) is 3.42. The van der Waals surface area contributed by atoms with Crippen LogP contribution in [0.25, 0.3) is 0 Å². The number of hydrogen-bond acceptors (Lipinski definition) is 6. The Bertz CT molecular complexity index is 1490. The predicted molar refractivity (Wildman–Crippen MR) is 179 cm³/mol. The normalized spacial score (nSPS) is 41.8. The summed E-state index contributed by atoms with van der Waals surface area (Å²) < 4.78 is 5.78. The number of aromatic hydroxyl groups is 1. The van der Waals surface area contributed by atoms with E-state index < -0.39 is 11.5 Å². The number of allylic oxidation sites excluding steroid dienone is 2. The maximum atomic E-state index is 14.5. The van der Waals surface area contributed by atoms with E-state index in [1.165, 1.54) is 5.57 Å². The maximum Gasteiger partial charge on any atom is 0.163 e. The number of hydrogen-bond donors (Lipinski definition) is 3. The van der Waals surface area contributed by atoms with Crippen molar-refractivity contribution in [3.05, 3.63) is 40.5 Å². The minimum absolute atomic E-state index is 0.00799. The summed E-state index contributed by atoms with van der Waals surface area (Å²) >= 11 is 0. The number of epoxide rings is 1. The molecule has 1 spiro atoms. The van der Waals surface area contributed by atoms with Crippen molar-refractivity contribution in [2.45, 2.75) is 137 Å². The average Bonchev–Trinajstić information content (AvgIpc) is 3.55. The quantitative estimate of drug-likeness (QED) is 0.274. The Labute approximate surface area is 276 Å². The van der Waals surface area contributed by atoms with Crippen LogP contribution in [-0.4, -0.2) is 46.6 Å². The molecule has 1 aromatic rings. The average molecular weight is 632 g/mol. The van der Waals surface area contributed by atoms with Gasteiger partial charge in [0.15, 0.2) is 5.78 Å². The molecule has 1 saturated heterocycles. The number of carbonyl (C=O) groups is 2. The molecule has 5 fully saturated rings. The molecule has 1 aliphatic heterocycles. The Morgan fingerprint density at radius 1 is 1.00 bits per heavy atom. The van der Waals surface area contributed by atoms with E-state index in [9.17, 15) is 19.8 Å². The number of ether oxygens (including phenoxy) is 1. The lowest BCUT2D eigenvalue weighted by atomic mass is 9.32. The Morgan fingerprint density at radius 3 is 2.39 bits per heavy atom. The van der Waals surface area contributed by atoms with E-state index in [4.69, 9.17) is 4.74 Å². The number of fused-ring (bicyclic) bond motifs is 2. The van der Waals surface area contributed by atoms with Crippen LogP contribution < -0.4 is 5.32 Å². The van der Waals surface area contributed by atoms with Crippen LogP contribution in [0.1, 0.15) is 123 Å². The molecule has 10 atom stereocenters. The third-order valence-corrected chi connectivity index (χ3v) is 14.9. The summed E-state index contributed by atoms with van der Waals surface area (Å²) in [4.78, 5) is 28.9. The fourth-order valence-electron chi connectivity index (χ4n) is 13.1. The summed E-state index contributed by atoms with van der Waals surface area (Å²) in [7, 11) is 1.90. The molecule has 252 valence electrons. The Balaban J connectivity index is 1.28.